The molecule has 0 fully saturated rings. The Morgan fingerprint density at radius 2 is 2.17 bits per heavy atom. The molecule has 0 saturated carbocycles. The Morgan fingerprint density at radius 1 is 1.39 bits per heavy atom. The Morgan fingerprint density at radius 3 is 2.74 bits per heavy atom. The fourth-order valence-electron chi connectivity index (χ4n) is 1.88. The quantitative estimate of drug-likeness (QED) is 0.400. The van der Waals surface area contributed by atoms with Gasteiger partial charge < -0.3 is 10.6 Å². The molecule has 0 saturated heterocycles. The zero-order valence-electron chi connectivity index (χ0n) is 13.9. The van der Waals surface area contributed by atoms with Gasteiger partial charge in [-0.25, -0.2) is 9.97 Å². The third-order valence-electron chi connectivity index (χ3n) is 3.18. The Balaban J connectivity index is 0.00000264. The van der Waals surface area contributed by atoms with Crippen molar-refractivity contribution in [3.63, 3.8) is 0 Å². The monoisotopic (exact) mass is 449 g/mol. The van der Waals surface area contributed by atoms with Crippen molar-refractivity contribution in [1.29, 1.82) is 0 Å². The minimum Gasteiger partial charge on any atom is -0.356 e. The van der Waals surface area contributed by atoms with Crippen molar-refractivity contribution < 1.29 is 0 Å². The van der Waals surface area contributed by atoms with Gasteiger partial charge in [-0.15, -0.1) is 35.3 Å². The van der Waals surface area contributed by atoms with Gasteiger partial charge in [-0.05, 0) is 0 Å². The van der Waals surface area contributed by atoms with Gasteiger partial charge in [0.15, 0.2) is 5.96 Å². The third kappa shape index (κ3) is 6.05. The molecule has 0 aliphatic rings. The van der Waals surface area contributed by atoms with E-state index >= 15 is 0 Å². The van der Waals surface area contributed by atoms with Gasteiger partial charge in [-0.1, -0.05) is 13.8 Å². The number of aliphatic imine (C=N–C) groups is 1. The molecule has 0 aliphatic carbocycles. The molecule has 23 heavy (non-hydrogen) atoms. The van der Waals surface area contributed by atoms with Crippen molar-refractivity contribution >= 4 is 41.3 Å². The first kappa shape index (κ1) is 19.8. The highest BCUT2D eigenvalue weighted by molar-refractivity contribution is 14.0. The van der Waals surface area contributed by atoms with Gasteiger partial charge in [0, 0.05) is 38.4 Å². The highest BCUT2D eigenvalue weighted by Gasteiger charge is 2.06. The molecular weight excluding hydrogens is 425 g/mol. The molecule has 0 amide bonds. The van der Waals surface area contributed by atoms with Crippen molar-refractivity contribution in [2.75, 3.05) is 13.6 Å². The van der Waals surface area contributed by atoms with Crippen LogP contribution in [0.15, 0.2) is 16.7 Å². The van der Waals surface area contributed by atoms with Crippen LogP contribution in [0.25, 0.3) is 0 Å². The highest BCUT2D eigenvalue weighted by Crippen LogP contribution is 2.19. The maximum atomic E-state index is 4.63. The first-order chi connectivity index (χ1) is 10.6. The van der Waals surface area contributed by atoms with E-state index in [0.717, 1.165) is 30.4 Å². The summed E-state index contributed by atoms with van der Waals surface area (Å²) >= 11 is 1.73. The SMILES string of the molecule is CN=C(NCCc1csc(C(C)C)n1)NCc1ncnn1C.I. The Hall–Kier alpha value is -1.23. The smallest absolute Gasteiger partial charge is 0.191 e. The number of guanidine groups is 1. The van der Waals surface area contributed by atoms with Crippen molar-refractivity contribution in [3.8, 4) is 0 Å². The molecule has 0 aliphatic heterocycles. The Labute approximate surface area is 158 Å². The molecule has 0 bridgehead atoms. The molecule has 2 N–H and O–H groups in total. The maximum absolute atomic E-state index is 4.63. The van der Waals surface area contributed by atoms with Crippen molar-refractivity contribution in [3.05, 3.63) is 28.2 Å². The van der Waals surface area contributed by atoms with E-state index in [4.69, 9.17) is 0 Å². The van der Waals surface area contributed by atoms with E-state index in [1.165, 1.54) is 5.01 Å². The first-order valence-corrected chi connectivity index (χ1v) is 8.19. The van der Waals surface area contributed by atoms with Crippen LogP contribution in [0.2, 0.25) is 0 Å². The number of aromatic nitrogens is 4. The molecule has 0 spiro atoms. The van der Waals surface area contributed by atoms with Gasteiger partial charge in [-0.3, -0.25) is 9.67 Å². The fourth-order valence-corrected chi connectivity index (χ4v) is 2.74. The Kier molecular flexibility index (Phi) is 8.45. The largest absolute Gasteiger partial charge is 0.356 e. The summed E-state index contributed by atoms with van der Waals surface area (Å²) in [6, 6.07) is 0. The number of nitrogens with zero attached hydrogens (tertiary/aromatic N) is 5. The summed E-state index contributed by atoms with van der Waals surface area (Å²) in [5, 5.41) is 13.9. The molecule has 0 unspecified atom stereocenters. The standard InChI is InChI=1S/C14H23N7S.HI/c1-10(2)13-20-11(8-22-13)5-6-16-14(15-3)17-7-12-18-9-19-21(12)4;/h8-10H,5-7H2,1-4H3,(H2,15,16,17);1H. The molecule has 2 aromatic heterocycles. The molecule has 2 rings (SSSR count). The van der Waals surface area contributed by atoms with Gasteiger partial charge >= 0.3 is 0 Å². The van der Waals surface area contributed by atoms with Gasteiger partial charge in [-0.2, -0.15) is 5.10 Å². The van der Waals surface area contributed by atoms with Gasteiger partial charge in [0.05, 0.1) is 17.2 Å². The molecule has 7 nitrogen and oxygen atoms in total. The molecule has 2 aromatic rings. The van der Waals surface area contributed by atoms with E-state index in [0.29, 0.717) is 12.5 Å². The predicted octanol–water partition coefficient (Wildman–Crippen LogP) is 1.92. The summed E-state index contributed by atoms with van der Waals surface area (Å²) < 4.78 is 1.74. The van der Waals surface area contributed by atoms with Crippen LogP contribution in [-0.2, 0) is 20.0 Å². The number of halogens is 1. The van der Waals surface area contributed by atoms with Crippen LogP contribution in [0.3, 0.4) is 0 Å². The molecule has 9 heteroatoms. The number of aryl methyl sites for hydroxylation is 1. The predicted molar refractivity (Wildman–Crippen MR) is 105 cm³/mol. The van der Waals surface area contributed by atoms with Crippen LogP contribution in [-0.4, -0.2) is 39.3 Å². The number of nitrogens with one attached hydrogen (secondary N) is 2. The lowest BCUT2D eigenvalue weighted by molar-refractivity contribution is 0.672. The zero-order valence-corrected chi connectivity index (χ0v) is 17.1. The molecule has 0 radical (unpaired) electrons. The van der Waals surface area contributed by atoms with E-state index < -0.39 is 0 Å². The van der Waals surface area contributed by atoms with Crippen molar-refractivity contribution in [1.82, 2.24) is 30.4 Å². The molecule has 0 atom stereocenters. The number of rotatable bonds is 6. The van der Waals surface area contributed by atoms with E-state index in [1.807, 2.05) is 7.05 Å². The zero-order chi connectivity index (χ0) is 15.9. The first-order valence-electron chi connectivity index (χ1n) is 7.31. The van der Waals surface area contributed by atoms with E-state index in [9.17, 15) is 0 Å². The minimum absolute atomic E-state index is 0. The summed E-state index contributed by atoms with van der Waals surface area (Å²) in [7, 11) is 3.63. The van der Waals surface area contributed by atoms with E-state index in [2.05, 4.69) is 49.9 Å². The number of hydrogen-bond donors (Lipinski definition) is 2. The van der Waals surface area contributed by atoms with Crippen LogP contribution >= 0.6 is 35.3 Å². The summed E-state index contributed by atoms with van der Waals surface area (Å²) in [6.07, 6.45) is 2.43. The van der Waals surface area contributed by atoms with Crippen molar-refractivity contribution in [2.24, 2.45) is 12.0 Å². The second kappa shape index (κ2) is 9.81. The number of hydrogen-bond acceptors (Lipinski definition) is 5. The summed E-state index contributed by atoms with van der Waals surface area (Å²) in [5.74, 6) is 2.11. The van der Waals surface area contributed by atoms with Crippen molar-refractivity contribution in [2.45, 2.75) is 32.7 Å². The second-order valence-electron chi connectivity index (χ2n) is 5.23. The van der Waals surface area contributed by atoms with Crippen LogP contribution in [0.1, 0.15) is 36.3 Å². The van der Waals surface area contributed by atoms with Crippen LogP contribution in [0, 0.1) is 0 Å². The summed E-state index contributed by atoms with van der Waals surface area (Å²) in [5.41, 5.74) is 1.13. The fraction of sp³-hybridized carbons (Fsp3) is 0.571. The topological polar surface area (TPSA) is 80.0 Å². The Bertz CT molecular complexity index is 620. The summed E-state index contributed by atoms with van der Waals surface area (Å²) in [4.78, 5) is 13.0. The lowest BCUT2D eigenvalue weighted by Gasteiger charge is -2.10. The van der Waals surface area contributed by atoms with E-state index in [1.54, 1.807) is 29.4 Å². The minimum atomic E-state index is 0. The maximum Gasteiger partial charge on any atom is 0.191 e. The lowest BCUT2D eigenvalue weighted by atomic mass is 10.2. The molecule has 2 heterocycles. The molecular formula is C14H24IN7S. The molecule has 128 valence electrons. The third-order valence-corrected chi connectivity index (χ3v) is 4.37. The summed E-state index contributed by atoms with van der Waals surface area (Å²) in [6.45, 7) is 5.71. The van der Waals surface area contributed by atoms with E-state index in [-0.39, 0.29) is 24.0 Å². The second-order valence-corrected chi connectivity index (χ2v) is 6.12. The van der Waals surface area contributed by atoms with Gasteiger partial charge in [0.1, 0.15) is 12.2 Å². The average Bonchev–Trinajstić information content (AvgIpc) is 3.12. The number of thiazole rings is 1. The van der Waals surface area contributed by atoms with Crippen LogP contribution in [0.5, 0.6) is 0 Å². The van der Waals surface area contributed by atoms with Crippen LogP contribution in [0.4, 0.5) is 0 Å². The van der Waals surface area contributed by atoms with Crippen LogP contribution < -0.4 is 10.6 Å². The van der Waals surface area contributed by atoms with Gasteiger partial charge in [0.25, 0.3) is 0 Å². The highest BCUT2D eigenvalue weighted by atomic mass is 127. The normalized spacial score (nSPS) is 11.4. The molecule has 0 aromatic carbocycles. The van der Waals surface area contributed by atoms with Gasteiger partial charge in [0.2, 0.25) is 0 Å². The average molecular weight is 449 g/mol. The lowest BCUT2D eigenvalue weighted by Crippen LogP contribution is -2.38.